The van der Waals surface area contributed by atoms with Crippen LogP contribution in [0, 0.1) is 0 Å². The quantitative estimate of drug-likeness (QED) is 0.0459. The number of rotatable bonds is 27. The Morgan fingerprint density at radius 2 is 1.49 bits per heavy atom. The van der Waals surface area contributed by atoms with Crippen molar-refractivity contribution in [3.63, 3.8) is 0 Å². The molecule has 0 spiro atoms. The van der Waals surface area contributed by atoms with Crippen molar-refractivity contribution >= 4 is 23.5 Å². The summed E-state index contributed by atoms with van der Waals surface area (Å²) in [6.45, 7) is 4.32. The number of ketones is 1. The van der Waals surface area contributed by atoms with E-state index in [4.69, 9.17) is 30.2 Å². The first-order valence-electron chi connectivity index (χ1n) is 13.3. The second kappa shape index (κ2) is 26.8. The van der Waals surface area contributed by atoms with Crippen molar-refractivity contribution in [3.8, 4) is 0 Å². The molecule has 0 aromatic heterocycles. The van der Waals surface area contributed by atoms with Gasteiger partial charge in [0.2, 0.25) is 17.7 Å². The van der Waals surface area contributed by atoms with Crippen LogP contribution in [0.1, 0.15) is 45.4 Å². The van der Waals surface area contributed by atoms with Crippen LogP contribution in [0.15, 0.2) is 5.11 Å². The maximum atomic E-state index is 12.8. The van der Waals surface area contributed by atoms with Gasteiger partial charge < -0.3 is 40.6 Å². The zero-order valence-electron chi connectivity index (χ0n) is 23.0. The molecule has 0 aromatic carbocycles. The van der Waals surface area contributed by atoms with Crippen molar-refractivity contribution in [2.75, 3.05) is 79.0 Å². The lowest BCUT2D eigenvalue weighted by Gasteiger charge is -2.18. The number of amides is 3. The van der Waals surface area contributed by atoms with E-state index >= 15 is 0 Å². The average molecular weight is 560 g/mol. The van der Waals surface area contributed by atoms with Crippen molar-refractivity contribution in [2.45, 2.75) is 51.5 Å². The predicted octanol–water partition coefficient (Wildman–Crippen LogP) is -0.0314. The summed E-state index contributed by atoms with van der Waals surface area (Å²) in [5.41, 5.74) is 13.5. The number of unbranched alkanes of at least 4 members (excludes halogenated alkanes) is 1. The molecule has 0 aliphatic carbocycles. The lowest BCUT2D eigenvalue weighted by molar-refractivity contribution is -0.131. The highest BCUT2D eigenvalue weighted by Crippen LogP contribution is 2.06. The van der Waals surface area contributed by atoms with Crippen LogP contribution in [-0.2, 0) is 38.1 Å². The van der Waals surface area contributed by atoms with Gasteiger partial charge in [-0.05, 0) is 37.6 Å². The lowest BCUT2D eigenvalue weighted by Crippen LogP contribution is -2.43. The fourth-order valence-electron chi connectivity index (χ4n) is 3.11. The van der Waals surface area contributed by atoms with Gasteiger partial charge >= 0.3 is 0 Å². The highest BCUT2D eigenvalue weighted by atomic mass is 16.5. The second-order valence-electron chi connectivity index (χ2n) is 8.40. The Bertz CT molecular complexity index is 735. The van der Waals surface area contributed by atoms with E-state index in [1.54, 1.807) is 0 Å². The Morgan fingerprint density at radius 3 is 2.18 bits per heavy atom. The molecule has 15 heteroatoms. The van der Waals surface area contributed by atoms with Gasteiger partial charge in [0.1, 0.15) is 19.8 Å². The lowest BCUT2D eigenvalue weighted by atomic mass is 10.0. The highest BCUT2D eigenvalue weighted by Gasteiger charge is 2.20. The van der Waals surface area contributed by atoms with Crippen molar-refractivity contribution in [1.82, 2.24) is 16.0 Å². The first kappa shape index (κ1) is 36.2. The number of ether oxygens (including phenoxy) is 4. The van der Waals surface area contributed by atoms with Gasteiger partial charge in [0.15, 0.2) is 5.78 Å². The minimum atomic E-state index is -0.702. The van der Waals surface area contributed by atoms with Crippen molar-refractivity contribution < 1.29 is 38.1 Å². The minimum Gasteiger partial charge on any atom is -0.381 e. The zero-order valence-corrected chi connectivity index (χ0v) is 23.0. The molecule has 3 amide bonds. The number of nitrogens with zero attached hydrogens (tertiary/aromatic N) is 3. The first-order valence-corrected chi connectivity index (χ1v) is 13.3. The zero-order chi connectivity index (χ0) is 29.0. The highest BCUT2D eigenvalue weighted by molar-refractivity contribution is 5.89. The fourth-order valence-corrected chi connectivity index (χ4v) is 3.11. The van der Waals surface area contributed by atoms with Crippen LogP contribution >= 0.6 is 0 Å². The third kappa shape index (κ3) is 24.0. The largest absolute Gasteiger partial charge is 0.381 e. The summed E-state index contributed by atoms with van der Waals surface area (Å²) < 4.78 is 20.8. The molecular weight excluding hydrogens is 514 g/mol. The van der Waals surface area contributed by atoms with Gasteiger partial charge in [0.25, 0.3) is 0 Å². The molecule has 0 heterocycles. The van der Waals surface area contributed by atoms with Crippen LogP contribution < -0.4 is 21.7 Å². The van der Waals surface area contributed by atoms with Gasteiger partial charge in [-0.2, -0.15) is 0 Å². The Hall–Kier alpha value is -2.81. The molecule has 0 aliphatic rings. The summed E-state index contributed by atoms with van der Waals surface area (Å²) in [7, 11) is 0. The standard InChI is InChI=1S/C24H45N7O8/c1-2-12-37-17-22(33)27-9-4-3-6-20(21(32)7-5-13-36-16-11-29-31-26)30-24(35)19-39-15-10-28-23(34)18-38-14-8-25/h20H,2-19,25H2,1H3,(H,27,33)(H,28,34)(H,30,35)/t20-/m0/s1. The van der Waals surface area contributed by atoms with E-state index in [0.29, 0.717) is 52.0 Å². The third-order valence-electron chi connectivity index (χ3n) is 4.96. The predicted molar refractivity (Wildman–Crippen MR) is 143 cm³/mol. The van der Waals surface area contributed by atoms with Crippen LogP contribution in [0.25, 0.3) is 10.4 Å². The van der Waals surface area contributed by atoms with E-state index in [1.165, 1.54) is 0 Å². The van der Waals surface area contributed by atoms with Crippen LogP contribution in [-0.4, -0.2) is 109 Å². The van der Waals surface area contributed by atoms with E-state index in [2.05, 4.69) is 26.0 Å². The fraction of sp³-hybridized carbons (Fsp3) is 0.833. The molecule has 0 aromatic rings. The normalized spacial score (nSPS) is 11.3. The number of hydrogen-bond donors (Lipinski definition) is 4. The number of carbonyl (C=O) groups is 4. The molecule has 0 bridgehead atoms. The van der Waals surface area contributed by atoms with Gasteiger partial charge in [-0.25, -0.2) is 0 Å². The molecule has 39 heavy (non-hydrogen) atoms. The monoisotopic (exact) mass is 559 g/mol. The molecule has 224 valence electrons. The van der Waals surface area contributed by atoms with Crippen molar-refractivity contribution in [1.29, 1.82) is 0 Å². The first-order chi connectivity index (χ1) is 18.9. The molecule has 1 atom stereocenters. The Labute approximate surface area is 229 Å². The number of hydrogen-bond acceptors (Lipinski definition) is 10. The van der Waals surface area contributed by atoms with Gasteiger partial charge in [-0.3, -0.25) is 19.2 Å². The molecule has 0 aliphatic heterocycles. The van der Waals surface area contributed by atoms with E-state index in [0.717, 1.165) is 6.42 Å². The van der Waals surface area contributed by atoms with Crippen LogP contribution in [0.5, 0.6) is 0 Å². The molecule has 15 nitrogen and oxygen atoms in total. The van der Waals surface area contributed by atoms with Crippen LogP contribution in [0.4, 0.5) is 0 Å². The molecule has 0 unspecified atom stereocenters. The van der Waals surface area contributed by atoms with Crippen molar-refractivity contribution in [3.05, 3.63) is 10.4 Å². The Balaban J connectivity index is 4.42. The number of azide groups is 1. The molecule has 0 rings (SSSR count). The van der Waals surface area contributed by atoms with E-state index in [1.807, 2.05) is 6.92 Å². The molecule has 0 radical (unpaired) electrons. The van der Waals surface area contributed by atoms with E-state index in [-0.39, 0.29) is 76.7 Å². The molecule has 0 saturated carbocycles. The number of Topliss-reactive ketones (excluding diaryl/α,β-unsaturated/α-hetero) is 1. The molecular formula is C24H45N7O8. The summed E-state index contributed by atoms with van der Waals surface area (Å²) in [5.74, 6) is -1.09. The number of nitrogens with one attached hydrogen (secondary N) is 3. The van der Waals surface area contributed by atoms with Gasteiger partial charge in [0.05, 0.1) is 25.9 Å². The van der Waals surface area contributed by atoms with Gasteiger partial charge in [-0.15, -0.1) is 0 Å². The summed E-state index contributed by atoms with van der Waals surface area (Å²) in [5, 5.41) is 11.4. The average Bonchev–Trinajstić information content (AvgIpc) is 2.91. The Morgan fingerprint density at radius 1 is 0.821 bits per heavy atom. The second-order valence-corrected chi connectivity index (χ2v) is 8.40. The van der Waals surface area contributed by atoms with Crippen molar-refractivity contribution in [2.24, 2.45) is 10.8 Å². The SMILES string of the molecule is CCCOCC(=O)NCCCC[C@H](NC(=O)COCCNC(=O)COCCN)C(=O)CCCOCCN=[N+]=[N-]. The summed E-state index contributed by atoms with van der Waals surface area (Å²) in [6.07, 6.45) is 3.14. The smallest absolute Gasteiger partial charge is 0.246 e. The van der Waals surface area contributed by atoms with Gasteiger partial charge in [0, 0.05) is 50.7 Å². The summed E-state index contributed by atoms with van der Waals surface area (Å²) >= 11 is 0. The number of nitrogens with two attached hydrogens (primary N) is 1. The maximum absolute atomic E-state index is 12.8. The topological polar surface area (TPSA) is 216 Å². The van der Waals surface area contributed by atoms with Crippen LogP contribution in [0.2, 0.25) is 0 Å². The van der Waals surface area contributed by atoms with Gasteiger partial charge in [-0.1, -0.05) is 12.0 Å². The Kier molecular flexibility index (Phi) is 24.9. The van der Waals surface area contributed by atoms with E-state index < -0.39 is 11.9 Å². The molecule has 0 saturated heterocycles. The van der Waals surface area contributed by atoms with Crippen LogP contribution in [0.3, 0.4) is 0 Å². The summed E-state index contributed by atoms with van der Waals surface area (Å²) in [6, 6.07) is -0.702. The minimum absolute atomic E-state index is 0.0156. The van der Waals surface area contributed by atoms with E-state index in [9.17, 15) is 19.2 Å². The molecule has 5 N–H and O–H groups in total. The third-order valence-corrected chi connectivity index (χ3v) is 4.96. The number of carbonyl (C=O) groups excluding carboxylic acids is 4. The maximum Gasteiger partial charge on any atom is 0.246 e. The molecule has 0 fully saturated rings. The summed E-state index contributed by atoms with van der Waals surface area (Å²) in [4.78, 5) is 51.0.